The standard InChI is InChI=1S/C8H13NOS2/c1-12-8(11)2-3-9-4-6-10-7-5-9/h2-3H,4-7H2,1H3. The van der Waals surface area contributed by atoms with Gasteiger partial charge in [-0.2, -0.15) is 0 Å². The molecule has 0 aromatic rings. The van der Waals surface area contributed by atoms with Crippen molar-refractivity contribution in [3.8, 4) is 0 Å². The van der Waals surface area contributed by atoms with Crippen LogP contribution in [0, 0.1) is 0 Å². The maximum atomic E-state index is 5.22. The summed E-state index contributed by atoms with van der Waals surface area (Å²) < 4.78 is 6.15. The van der Waals surface area contributed by atoms with Gasteiger partial charge >= 0.3 is 0 Å². The molecule has 0 aromatic heterocycles. The van der Waals surface area contributed by atoms with E-state index in [9.17, 15) is 0 Å². The monoisotopic (exact) mass is 203 g/mol. The van der Waals surface area contributed by atoms with E-state index in [1.807, 2.05) is 12.3 Å². The Morgan fingerprint density at radius 2 is 2.17 bits per heavy atom. The Balaban J connectivity index is 2.28. The van der Waals surface area contributed by atoms with Crippen molar-refractivity contribution in [2.24, 2.45) is 0 Å². The van der Waals surface area contributed by atoms with Crippen molar-refractivity contribution in [2.45, 2.75) is 0 Å². The van der Waals surface area contributed by atoms with E-state index in [0.29, 0.717) is 0 Å². The Morgan fingerprint density at radius 1 is 1.50 bits per heavy atom. The van der Waals surface area contributed by atoms with E-state index in [-0.39, 0.29) is 0 Å². The summed E-state index contributed by atoms with van der Waals surface area (Å²) in [4.78, 5) is 2.23. The lowest BCUT2D eigenvalue weighted by Crippen LogP contribution is -2.32. The molecule has 0 N–H and O–H groups in total. The molecular formula is C8H13NOS2. The van der Waals surface area contributed by atoms with Gasteiger partial charge in [-0.3, -0.25) is 0 Å². The molecule has 0 aliphatic carbocycles. The van der Waals surface area contributed by atoms with Crippen molar-refractivity contribution in [1.82, 2.24) is 4.90 Å². The number of hydrogen-bond donors (Lipinski definition) is 0. The first-order valence-electron chi connectivity index (χ1n) is 3.91. The van der Waals surface area contributed by atoms with Crippen molar-refractivity contribution < 1.29 is 4.74 Å². The van der Waals surface area contributed by atoms with Gasteiger partial charge in [0.05, 0.1) is 17.4 Å². The Morgan fingerprint density at radius 3 is 2.75 bits per heavy atom. The third kappa shape index (κ3) is 3.56. The Labute approximate surface area is 83.0 Å². The predicted octanol–water partition coefficient (Wildman–Crippen LogP) is 1.52. The Kier molecular flexibility index (Phi) is 4.65. The highest BCUT2D eigenvalue weighted by Gasteiger charge is 2.04. The van der Waals surface area contributed by atoms with Crippen LogP contribution in [0.5, 0.6) is 0 Å². The molecule has 1 rings (SSSR count). The van der Waals surface area contributed by atoms with E-state index in [4.69, 9.17) is 17.0 Å². The molecule has 1 aliphatic rings. The molecule has 1 heterocycles. The third-order valence-electron chi connectivity index (χ3n) is 1.67. The summed E-state index contributed by atoms with van der Waals surface area (Å²) in [5.74, 6) is 0. The zero-order chi connectivity index (χ0) is 8.81. The molecule has 0 saturated carbocycles. The number of ether oxygens (including phenoxy) is 1. The fourth-order valence-electron chi connectivity index (χ4n) is 0.961. The van der Waals surface area contributed by atoms with Crippen molar-refractivity contribution >= 4 is 28.2 Å². The second-order valence-electron chi connectivity index (χ2n) is 2.49. The maximum Gasteiger partial charge on any atom is 0.0717 e. The average molecular weight is 203 g/mol. The van der Waals surface area contributed by atoms with Crippen LogP contribution in [0.25, 0.3) is 0 Å². The molecule has 68 valence electrons. The van der Waals surface area contributed by atoms with Crippen LogP contribution >= 0.6 is 24.0 Å². The van der Waals surface area contributed by atoms with Gasteiger partial charge in [0.1, 0.15) is 0 Å². The van der Waals surface area contributed by atoms with E-state index < -0.39 is 0 Å². The first-order chi connectivity index (χ1) is 5.83. The molecule has 0 amide bonds. The molecule has 2 nitrogen and oxygen atoms in total. The zero-order valence-electron chi connectivity index (χ0n) is 7.16. The molecule has 12 heavy (non-hydrogen) atoms. The largest absolute Gasteiger partial charge is 0.378 e. The summed E-state index contributed by atoms with van der Waals surface area (Å²) in [6.07, 6.45) is 6.03. The van der Waals surface area contributed by atoms with Gasteiger partial charge in [-0.15, -0.1) is 11.8 Å². The van der Waals surface area contributed by atoms with E-state index in [0.717, 1.165) is 30.5 Å². The SMILES string of the molecule is CSC(=S)C=CN1CCOCC1. The molecule has 0 aromatic carbocycles. The number of hydrogen-bond acceptors (Lipinski definition) is 4. The lowest BCUT2D eigenvalue weighted by Gasteiger charge is -2.24. The highest BCUT2D eigenvalue weighted by molar-refractivity contribution is 8.23. The second kappa shape index (κ2) is 5.56. The van der Waals surface area contributed by atoms with E-state index in [1.165, 1.54) is 0 Å². The van der Waals surface area contributed by atoms with Gasteiger partial charge in [-0.05, 0) is 12.3 Å². The molecule has 1 saturated heterocycles. The predicted molar refractivity (Wildman–Crippen MR) is 57.6 cm³/mol. The first kappa shape index (κ1) is 10.0. The molecule has 0 radical (unpaired) electrons. The van der Waals surface area contributed by atoms with Gasteiger partial charge in [0.25, 0.3) is 0 Å². The highest BCUT2D eigenvalue weighted by atomic mass is 32.2. The van der Waals surface area contributed by atoms with Crippen LogP contribution in [-0.2, 0) is 4.74 Å². The van der Waals surface area contributed by atoms with Crippen LogP contribution in [0.3, 0.4) is 0 Å². The number of nitrogens with zero attached hydrogens (tertiary/aromatic N) is 1. The van der Waals surface area contributed by atoms with Crippen LogP contribution in [0.15, 0.2) is 12.3 Å². The van der Waals surface area contributed by atoms with Crippen molar-refractivity contribution in [3.05, 3.63) is 12.3 Å². The lowest BCUT2D eigenvalue weighted by molar-refractivity contribution is 0.0594. The van der Waals surface area contributed by atoms with Gasteiger partial charge in [-0.25, -0.2) is 0 Å². The summed E-state index contributed by atoms with van der Waals surface area (Å²) in [5, 5.41) is 0. The van der Waals surface area contributed by atoms with Crippen molar-refractivity contribution in [2.75, 3.05) is 32.6 Å². The van der Waals surface area contributed by atoms with Crippen molar-refractivity contribution in [3.63, 3.8) is 0 Å². The minimum atomic E-state index is 0.830. The van der Waals surface area contributed by atoms with Crippen LogP contribution in [0.2, 0.25) is 0 Å². The molecule has 0 atom stereocenters. The lowest BCUT2D eigenvalue weighted by atomic mass is 10.4. The molecular weight excluding hydrogens is 190 g/mol. The zero-order valence-corrected chi connectivity index (χ0v) is 8.79. The minimum absolute atomic E-state index is 0.830. The first-order valence-corrected chi connectivity index (χ1v) is 5.54. The van der Waals surface area contributed by atoms with E-state index in [1.54, 1.807) is 11.8 Å². The number of rotatable bonds is 2. The topological polar surface area (TPSA) is 12.5 Å². The highest BCUT2D eigenvalue weighted by Crippen LogP contribution is 2.02. The van der Waals surface area contributed by atoms with E-state index >= 15 is 0 Å². The molecule has 1 fully saturated rings. The molecule has 0 spiro atoms. The third-order valence-corrected chi connectivity index (χ3v) is 2.84. The fourth-order valence-corrected chi connectivity index (χ4v) is 1.22. The van der Waals surface area contributed by atoms with Gasteiger partial charge in [0.2, 0.25) is 0 Å². The summed E-state index contributed by atoms with van der Waals surface area (Å²) >= 11 is 6.64. The van der Waals surface area contributed by atoms with Crippen LogP contribution in [0.1, 0.15) is 0 Å². The van der Waals surface area contributed by atoms with Crippen LogP contribution < -0.4 is 0 Å². The van der Waals surface area contributed by atoms with Crippen molar-refractivity contribution in [1.29, 1.82) is 0 Å². The van der Waals surface area contributed by atoms with Gasteiger partial charge < -0.3 is 9.64 Å². The van der Waals surface area contributed by atoms with Gasteiger partial charge in [-0.1, -0.05) is 12.2 Å². The summed E-state index contributed by atoms with van der Waals surface area (Å²) in [7, 11) is 0. The summed E-state index contributed by atoms with van der Waals surface area (Å²) in [6.45, 7) is 3.62. The van der Waals surface area contributed by atoms with Crippen LogP contribution in [0.4, 0.5) is 0 Å². The normalized spacial score (nSPS) is 18.6. The van der Waals surface area contributed by atoms with Crippen LogP contribution in [-0.4, -0.2) is 41.7 Å². The molecule has 0 bridgehead atoms. The Bertz CT molecular complexity index is 176. The molecule has 4 heteroatoms. The van der Waals surface area contributed by atoms with E-state index in [2.05, 4.69) is 11.1 Å². The second-order valence-corrected chi connectivity index (χ2v) is 4.03. The van der Waals surface area contributed by atoms with Gasteiger partial charge in [0.15, 0.2) is 0 Å². The summed E-state index contributed by atoms with van der Waals surface area (Å²) in [5.41, 5.74) is 0. The quantitative estimate of drug-likeness (QED) is 0.498. The number of thiocarbonyl (C=S) groups is 1. The smallest absolute Gasteiger partial charge is 0.0717 e. The fraction of sp³-hybridized carbons (Fsp3) is 0.625. The molecule has 1 aliphatic heterocycles. The number of morpholine rings is 1. The number of thioether (sulfide) groups is 1. The Hall–Kier alpha value is -0.0600. The summed E-state index contributed by atoms with van der Waals surface area (Å²) in [6, 6.07) is 0. The average Bonchev–Trinajstić information content (AvgIpc) is 2.16. The van der Waals surface area contributed by atoms with Gasteiger partial charge in [0, 0.05) is 19.3 Å². The minimum Gasteiger partial charge on any atom is -0.378 e. The molecule has 0 unspecified atom stereocenters. The maximum absolute atomic E-state index is 5.22.